The summed E-state index contributed by atoms with van der Waals surface area (Å²) in [5.41, 5.74) is 7.74. The molecular weight excluding hydrogens is 1570 g/mol. The van der Waals surface area contributed by atoms with Crippen molar-refractivity contribution in [2.24, 2.45) is 0 Å². The zero-order chi connectivity index (χ0) is 81.8. The van der Waals surface area contributed by atoms with Crippen molar-refractivity contribution in [3.8, 4) is 56.7 Å². The second kappa shape index (κ2) is 35.6. The van der Waals surface area contributed by atoms with Crippen LogP contribution in [0.2, 0.25) is 5.02 Å². The Hall–Kier alpha value is -14.3. The molecule has 0 saturated carbocycles. The van der Waals surface area contributed by atoms with Gasteiger partial charge >= 0.3 is 23.9 Å². The third-order valence-electron chi connectivity index (χ3n) is 17.8. The van der Waals surface area contributed by atoms with Crippen molar-refractivity contribution >= 4 is 131 Å². The van der Waals surface area contributed by atoms with Crippen LogP contribution in [0.4, 0.5) is 0 Å². The van der Waals surface area contributed by atoms with Gasteiger partial charge in [-0.3, -0.25) is 37.4 Å². The first-order chi connectivity index (χ1) is 55.9. The minimum atomic E-state index is -1.11. The van der Waals surface area contributed by atoms with Crippen molar-refractivity contribution in [1.29, 1.82) is 0 Å². The summed E-state index contributed by atoms with van der Waals surface area (Å²) < 4.78 is 34.5. The van der Waals surface area contributed by atoms with Crippen molar-refractivity contribution in [2.45, 2.75) is 20.0 Å². The minimum Gasteiger partial charge on any atom is -0.478 e. The number of furan rings is 4. The van der Waals surface area contributed by atoms with Gasteiger partial charge in [-0.1, -0.05) is 171 Å². The van der Waals surface area contributed by atoms with Crippen LogP contribution in [0.3, 0.4) is 0 Å². The van der Waals surface area contributed by atoms with Crippen LogP contribution in [-0.2, 0) is 13.1 Å². The molecule has 0 aliphatic rings. The molecule has 8 aromatic heterocycles. The van der Waals surface area contributed by atoms with Crippen LogP contribution in [0, 0.1) is 6.92 Å². The normalized spacial score (nSPS) is 11.7. The fraction of sp³-hybridized carbons (Fsp3) is 0.0330. The van der Waals surface area contributed by atoms with Crippen molar-refractivity contribution in [3.63, 3.8) is 0 Å². The number of hydrogen-bond donors (Lipinski definition) is 4. The van der Waals surface area contributed by atoms with Gasteiger partial charge in [0.05, 0.1) is 88.5 Å². The third-order valence-corrected chi connectivity index (χ3v) is 21.9. The second-order valence-electron chi connectivity index (χ2n) is 25.7. The molecule has 0 aliphatic heterocycles. The smallest absolute Gasteiger partial charge is 0.337 e. The first kappa shape index (κ1) is 79.8. The van der Waals surface area contributed by atoms with Gasteiger partial charge < -0.3 is 38.1 Å². The number of carboxylic acids is 4. The van der Waals surface area contributed by atoms with E-state index >= 15 is 0 Å². The number of carboxylic acid groups (broad SMARTS) is 4. The maximum absolute atomic E-state index is 12.9. The number of benzene rings is 8. The van der Waals surface area contributed by atoms with E-state index in [4.69, 9.17) is 44.6 Å². The minimum absolute atomic E-state index is 0.0000409. The Bertz CT molecular complexity index is 6900. The standard InChI is InChI=1S/C24H18ClNO4S.C23H17NO4S.2C22H15NO4S/c1-14-3-5-16(6-4-14)13-26-15(2)31-22(23(26)27)12-18-8-10-21(30-18)17-7-9-20(25)19(11-17)24(28)29;1-15-24(14-16-5-3-2-4-6-16)22(25)21(29-15)13-19-11-12-20(28-19)17-7-9-18(10-8-17)23(26)27;2*1-14-23(17-5-3-2-4-6-17)21(24)20(28-14)13-18-11-12-19(27-18)15-7-9-16(10-8-15)22(25)26/h3-12H,2,13H2,1H3,(H,28,29);2-13H,1,14H2,(H,26,27);2*2-13H,1H2,(H,25,26)/b22-12-;21-13-;2*20-13-. The monoisotopic (exact) mass is 1630 g/mol. The van der Waals surface area contributed by atoms with E-state index in [2.05, 4.69) is 26.3 Å². The Labute approximate surface area is 678 Å². The summed E-state index contributed by atoms with van der Waals surface area (Å²) in [6.45, 7) is 18.9. The van der Waals surface area contributed by atoms with Crippen LogP contribution in [0.15, 0.2) is 292 Å². The van der Waals surface area contributed by atoms with Crippen molar-refractivity contribution in [3.05, 3.63) is 400 Å². The van der Waals surface area contributed by atoms with Crippen LogP contribution >= 0.6 is 56.9 Å². The van der Waals surface area contributed by atoms with Crippen molar-refractivity contribution in [2.75, 3.05) is 0 Å². The van der Waals surface area contributed by atoms with Gasteiger partial charge in [0.15, 0.2) is 0 Å². The first-order valence-corrected chi connectivity index (χ1v) is 38.8. The molecule has 25 heteroatoms. The van der Waals surface area contributed by atoms with Crippen molar-refractivity contribution < 1.29 is 57.3 Å². The van der Waals surface area contributed by atoms with Gasteiger partial charge in [-0.2, -0.15) is 0 Å². The van der Waals surface area contributed by atoms with E-state index in [1.807, 2.05) is 122 Å². The van der Waals surface area contributed by atoms with Gasteiger partial charge in [0, 0.05) is 46.6 Å². The summed E-state index contributed by atoms with van der Waals surface area (Å²) in [4.78, 5) is 95.4. The van der Waals surface area contributed by atoms with E-state index in [0.29, 0.717) is 102 Å². The number of nitrogens with zero attached hydrogens (tertiary/aromatic N) is 4. The number of hydrogen-bond acceptors (Lipinski definition) is 16. The molecular formula is C91H65ClN4O16S4. The number of aromatic carboxylic acids is 4. The number of rotatable bonds is 18. The molecule has 0 fully saturated rings. The lowest BCUT2D eigenvalue weighted by Crippen LogP contribution is -2.31. The molecule has 0 amide bonds. The third kappa shape index (κ3) is 18.9. The van der Waals surface area contributed by atoms with Crippen molar-refractivity contribution in [1.82, 2.24) is 18.3 Å². The average Bonchev–Trinajstić information content (AvgIpc) is 1.64. The zero-order valence-electron chi connectivity index (χ0n) is 61.3. The maximum atomic E-state index is 12.9. The number of aromatic nitrogens is 4. The first-order valence-electron chi connectivity index (χ1n) is 35.2. The molecule has 0 spiro atoms. The number of halogens is 1. The number of para-hydroxylation sites is 2. The summed E-state index contributed by atoms with van der Waals surface area (Å²) in [5.74, 6) is 0.353. The van der Waals surface area contributed by atoms with E-state index in [0.717, 1.165) is 44.8 Å². The number of thiazole rings is 4. The van der Waals surface area contributed by atoms with E-state index in [9.17, 15) is 43.5 Å². The Morgan fingerprint density at radius 2 is 0.655 bits per heavy atom. The Kier molecular flexibility index (Phi) is 24.5. The fourth-order valence-corrected chi connectivity index (χ4v) is 15.6. The van der Waals surface area contributed by atoms with Gasteiger partial charge in [0.25, 0.3) is 22.2 Å². The molecule has 8 heterocycles. The summed E-state index contributed by atoms with van der Waals surface area (Å²) >= 11 is 11.2. The lowest BCUT2D eigenvalue weighted by molar-refractivity contribution is 0.0686. The van der Waals surface area contributed by atoms with E-state index in [1.165, 1.54) is 93.9 Å². The van der Waals surface area contributed by atoms with Crippen LogP contribution in [-0.4, -0.2) is 62.6 Å². The highest BCUT2D eigenvalue weighted by molar-refractivity contribution is 7.08. The molecule has 0 saturated heterocycles. The van der Waals surface area contributed by atoms with Crippen LogP contribution in [0.5, 0.6) is 0 Å². The largest absolute Gasteiger partial charge is 0.478 e. The molecule has 8 aromatic carbocycles. The van der Waals surface area contributed by atoms with Gasteiger partial charge in [-0.05, 0) is 145 Å². The highest BCUT2D eigenvalue weighted by Crippen LogP contribution is 2.29. The maximum Gasteiger partial charge on any atom is 0.337 e. The Morgan fingerprint density at radius 3 is 0.991 bits per heavy atom. The molecule has 0 unspecified atom stereocenters. The van der Waals surface area contributed by atoms with Gasteiger partial charge in [-0.25, -0.2) is 19.2 Å². The molecule has 116 heavy (non-hydrogen) atoms. The van der Waals surface area contributed by atoms with E-state index < -0.39 is 23.9 Å². The highest BCUT2D eigenvalue weighted by Gasteiger charge is 2.17. The Balaban J connectivity index is 0.000000135. The summed E-state index contributed by atoms with van der Waals surface area (Å²) in [6, 6.07) is 74.6. The molecule has 0 aliphatic carbocycles. The molecule has 0 atom stereocenters. The number of carbonyl (C=O) groups is 4. The highest BCUT2D eigenvalue weighted by atomic mass is 35.5. The van der Waals surface area contributed by atoms with Gasteiger partial charge in [0.1, 0.15) is 46.1 Å². The predicted octanol–water partition coefficient (Wildman–Crippen LogP) is 13.5. The lowest BCUT2D eigenvalue weighted by atomic mass is 10.1. The molecule has 20 nitrogen and oxygen atoms in total. The molecule has 0 radical (unpaired) electrons. The van der Waals surface area contributed by atoms with E-state index in [-0.39, 0.29) is 49.5 Å². The molecule has 16 aromatic rings. The molecule has 0 bridgehead atoms. The SMILES string of the molecule is C=c1s/c(=C\c2ccc(-c3ccc(C(=O)O)cc3)o2)c(=O)n1-c1ccccc1.C=c1s/c(=C\c2ccc(-c3ccc(C(=O)O)cc3)o2)c(=O)n1-c1ccccc1.C=c1s/c(=C\c2ccc(-c3ccc(C(=O)O)cc3)o2)c(=O)n1Cc1ccccc1.C=c1s/c(=C\c2ccc(-c3ccc(Cl)c(C(=O)O)c3)o2)c(=O)n1Cc1ccc(C)cc1. The average molecular weight is 1630 g/mol. The van der Waals surface area contributed by atoms with Gasteiger partial charge in [-0.15, -0.1) is 45.3 Å². The quantitative estimate of drug-likeness (QED) is 0.0621. The fourth-order valence-electron chi connectivity index (χ4n) is 11.9. The van der Waals surface area contributed by atoms with Crippen LogP contribution < -0.4 is 59.0 Å². The molecule has 576 valence electrons. The summed E-state index contributed by atoms with van der Waals surface area (Å²) in [5, 5.41) is 36.4. The number of aryl methyl sites for hydroxylation is 1. The Morgan fingerprint density at radius 1 is 0.353 bits per heavy atom. The van der Waals surface area contributed by atoms with E-state index in [1.54, 1.807) is 134 Å². The summed E-state index contributed by atoms with van der Waals surface area (Å²) in [7, 11) is 0. The summed E-state index contributed by atoms with van der Waals surface area (Å²) in [6.07, 6.45) is 6.76. The van der Waals surface area contributed by atoms with Crippen LogP contribution in [0.1, 0.15) is 81.2 Å². The zero-order valence-corrected chi connectivity index (χ0v) is 65.3. The van der Waals surface area contributed by atoms with Gasteiger partial charge in [0.2, 0.25) is 0 Å². The predicted molar refractivity (Wildman–Crippen MR) is 456 cm³/mol. The second-order valence-corrected chi connectivity index (χ2v) is 30.5. The molecule has 16 rings (SSSR count). The lowest BCUT2D eigenvalue weighted by Gasteiger charge is -2.02. The topological polar surface area (TPSA) is 290 Å². The molecule has 4 N–H and O–H groups in total. The van der Waals surface area contributed by atoms with Crippen LogP contribution in [0.25, 0.3) is 107 Å².